The second kappa shape index (κ2) is 7.65. The monoisotopic (exact) mass is 463 g/mol. The van der Waals surface area contributed by atoms with Gasteiger partial charge in [0.25, 0.3) is 5.91 Å². The van der Waals surface area contributed by atoms with Gasteiger partial charge in [-0.2, -0.15) is 15.1 Å². The zero-order valence-electron chi connectivity index (χ0n) is 17.5. The Kier molecular flexibility index (Phi) is 4.91. The lowest BCUT2D eigenvalue weighted by molar-refractivity contribution is -0.114. The van der Waals surface area contributed by atoms with E-state index in [-0.39, 0.29) is 11.4 Å². The van der Waals surface area contributed by atoms with Gasteiger partial charge in [-0.25, -0.2) is 0 Å². The van der Waals surface area contributed by atoms with Crippen molar-refractivity contribution in [1.82, 2.24) is 9.58 Å². The maximum absolute atomic E-state index is 12.8. The van der Waals surface area contributed by atoms with Gasteiger partial charge in [-0.05, 0) is 80.1 Å². The number of hydrogen-bond donors (Lipinski definition) is 1. The lowest BCUT2D eigenvalue weighted by Crippen LogP contribution is -2.35. The summed E-state index contributed by atoms with van der Waals surface area (Å²) in [4.78, 5) is 16.9. The molecule has 2 aromatic heterocycles. The van der Waals surface area contributed by atoms with E-state index in [0.717, 1.165) is 28.2 Å². The van der Waals surface area contributed by atoms with Crippen molar-refractivity contribution in [3.63, 3.8) is 0 Å². The van der Waals surface area contributed by atoms with Gasteiger partial charge in [-0.3, -0.25) is 10.2 Å². The highest BCUT2D eigenvalue weighted by molar-refractivity contribution is 8.27. The molecule has 2 aliphatic rings. The number of aromatic nitrogens is 1. The summed E-state index contributed by atoms with van der Waals surface area (Å²) in [6, 6.07) is 11.3. The summed E-state index contributed by atoms with van der Waals surface area (Å²) in [5.74, 6) is 0.0875. The van der Waals surface area contributed by atoms with Gasteiger partial charge in [-0.1, -0.05) is 17.7 Å². The molecule has 3 aromatic rings. The topological polar surface area (TPSA) is 86.9 Å². The summed E-state index contributed by atoms with van der Waals surface area (Å²) in [6.45, 7) is 5.95. The van der Waals surface area contributed by atoms with E-state index in [2.05, 4.69) is 14.7 Å². The quantitative estimate of drug-likeness (QED) is 0.533. The number of thioether (sulfide) groups is 1. The number of nitrogens with zero attached hydrogens (tertiary/aromatic N) is 4. The van der Waals surface area contributed by atoms with Gasteiger partial charge < -0.3 is 8.98 Å². The lowest BCUT2D eigenvalue weighted by atomic mass is 10.1. The molecule has 0 saturated carbocycles. The third kappa shape index (κ3) is 3.23. The average Bonchev–Trinajstić information content (AvgIpc) is 3.48. The summed E-state index contributed by atoms with van der Waals surface area (Å²) in [7, 11) is 0. The van der Waals surface area contributed by atoms with Crippen LogP contribution in [0.5, 0.6) is 0 Å². The average molecular weight is 464 g/mol. The van der Waals surface area contributed by atoms with Gasteiger partial charge in [0.15, 0.2) is 16.6 Å². The molecule has 4 heterocycles. The summed E-state index contributed by atoms with van der Waals surface area (Å²) in [5.41, 5.74) is 4.89. The Morgan fingerprint density at radius 3 is 2.75 bits per heavy atom. The number of hydrazone groups is 1. The number of amidine groups is 2. The van der Waals surface area contributed by atoms with Crippen molar-refractivity contribution in [3.8, 4) is 5.69 Å². The number of furan rings is 1. The molecule has 1 amide bonds. The molecule has 160 valence electrons. The van der Waals surface area contributed by atoms with Crippen molar-refractivity contribution in [2.45, 2.75) is 20.8 Å². The Morgan fingerprint density at radius 1 is 1.19 bits per heavy atom. The van der Waals surface area contributed by atoms with Crippen LogP contribution < -0.4 is 0 Å². The van der Waals surface area contributed by atoms with E-state index in [1.807, 2.05) is 45.0 Å². The largest absolute Gasteiger partial charge is 0.462 e. The minimum atomic E-state index is -0.464. The van der Waals surface area contributed by atoms with Crippen LogP contribution in [0.15, 0.2) is 62.7 Å². The van der Waals surface area contributed by atoms with E-state index in [9.17, 15) is 4.79 Å². The van der Waals surface area contributed by atoms with Crippen molar-refractivity contribution in [2.75, 3.05) is 0 Å². The van der Waals surface area contributed by atoms with E-state index < -0.39 is 5.91 Å². The molecule has 0 atom stereocenters. The zero-order valence-corrected chi connectivity index (χ0v) is 19.1. The predicted molar refractivity (Wildman–Crippen MR) is 128 cm³/mol. The number of amides is 1. The van der Waals surface area contributed by atoms with Crippen LogP contribution in [-0.2, 0) is 4.79 Å². The normalized spacial score (nSPS) is 17.1. The molecule has 1 aromatic carbocycles. The number of nitrogens with one attached hydrogen (secondary N) is 1. The second-order valence-electron chi connectivity index (χ2n) is 7.45. The van der Waals surface area contributed by atoms with Crippen LogP contribution in [0.1, 0.15) is 28.3 Å². The van der Waals surface area contributed by atoms with Gasteiger partial charge in [0.05, 0.1) is 11.8 Å². The van der Waals surface area contributed by atoms with E-state index in [0.29, 0.717) is 21.0 Å². The number of carbonyl (C=O) groups excluding carboxylic acids is 1. The second-order valence-corrected chi connectivity index (χ2v) is 8.81. The third-order valence-corrected chi connectivity index (χ3v) is 6.77. The minimum Gasteiger partial charge on any atom is -0.462 e. The lowest BCUT2D eigenvalue weighted by Gasteiger charge is -2.20. The molecule has 1 N–H and O–H groups in total. The van der Waals surface area contributed by atoms with Crippen LogP contribution in [0, 0.1) is 26.2 Å². The van der Waals surface area contributed by atoms with Gasteiger partial charge >= 0.3 is 0 Å². The SMILES string of the molecule is Cc1c(Cl)cccc1-n1c(C)cc(/C=C2/C(=N)N3N=C(c4ccco4)SC3=NC2=O)c1C. The number of hydrogen-bond acceptors (Lipinski definition) is 5. The van der Waals surface area contributed by atoms with Crippen molar-refractivity contribution in [3.05, 3.63) is 81.5 Å². The molecule has 0 aliphatic carbocycles. The smallest absolute Gasteiger partial charge is 0.283 e. The Labute approximate surface area is 193 Å². The van der Waals surface area contributed by atoms with Gasteiger partial charge in [0.2, 0.25) is 5.17 Å². The number of benzene rings is 1. The van der Waals surface area contributed by atoms with E-state index in [1.54, 1.807) is 24.5 Å². The molecule has 32 heavy (non-hydrogen) atoms. The van der Waals surface area contributed by atoms with Crippen molar-refractivity contribution < 1.29 is 9.21 Å². The molecule has 0 spiro atoms. The highest BCUT2D eigenvalue weighted by Gasteiger charge is 2.36. The number of rotatable bonds is 3. The summed E-state index contributed by atoms with van der Waals surface area (Å²) in [6.07, 6.45) is 3.26. The van der Waals surface area contributed by atoms with Crippen LogP contribution in [0.25, 0.3) is 11.8 Å². The molecular formula is C23H18ClN5O2S. The first-order valence-electron chi connectivity index (χ1n) is 9.83. The molecule has 0 bridgehead atoms. The Balaban J connectivity index is 1.55. The number of aryl methyl sites for hydroxylation is 1. The highest BCUT2D eigenvalue weighted by atomic mass is 35.5. The Hall–Kier alpha value is -3.36. The molecule has 9 heteroatoms. The minimum absolute atomic E-state index is 0.0159. The summed E-state index contributed by atoms with van der Waals surface area (Å²) < 4.78 is 7.48. The van der Waals surface area contributed by atoms with E-state index in [4.69, 9.17) is 21.4 Å². The van der Waals surface area contributed by atoms with E-state index >= 15 is 0 Å². The number of carbonyl (C=O) groups is 1. The first kappa shape index (κ1) is 20.5. The zero-order chi connectivity index (χ0) is 22.6. The Bertz CT molecular complexity index is 1380. The molecule has 0 radical (unpaired) electrons. The fourth-order valence-corrected chi connectivity index (χ4v) is 4.82. The van der Waals surface area contributed by atoms with Crippen LogP contribution in [0.3, 0.4) is 0 Å². The standard InChI is InChI=1S/C23H18ClN5O2S/c1-12-10-15(14(3)28(12)18-7-4-6-17(24)13(18)2)11-16-20(25)29-23(26-21(16)30)32-22(27-29)19-8-5-9-31-19/h4-11,25H,1-3H3/b16-11-,25-20?. The van der Waals surface area contributed by atoms with Crippen LogP contribution >= 0.6 is 23.4 Å². The van der Waals surface area contributed by atoms with Gasteiger partial charge in [-0.15, -0.1) is 0 Å². The molecule has 2 aliphatic heterocycles. The summed E-state index contributed by atoms with van der Waals surface area (Å²) in [5, 5.41) is 16.0. The molecule has 7 nitrogen and oxygen atoms in total. The number of aliphatic imine (C=N–C) groups is 1. The molecule has 0 saturated heterocycles. The highest BCUT2D eigenvalue weighted by Crippen LogP contribution is 2.32. The third-order valence-electron chi connectivity index (χ3n) is 5.44. The Morgan fingerprint density at radius 2 is 2.00 bits per heavy atom. The van der Waals surface area contributed by atoms with Gasteiger partial charge in [0.1, 0.15) is 0 Å². The fourth-order valence-electron chi connectivity index (χ4n) is 3.79. The maximum atomic E-state index is 12.8. The first-order chi connectivity index (χ1) is 15.3. The maximum Gasteiger partial charge on any atom is 0.283 e. The molecule has 5 rings (SSSR count). The van der Waals surface area contributed by atoms with Gasteiger partial charge in [0, 0.05) is 22.1 Å². The molecule has 0 unspecified atom stereocenters. The van der Waals surface area contributed by atoms with Crippen LogP contribution in [0.2, 0.25) is 5.02 Å². The summed E-state index contributed by atoms with van der Waals surface area (Å²) >= 11 is 7.53. The molecule has 0 fully saturated rings. The fraction of sp³-hybridized carbons (Fsp3) is 0.130. The first-order valence-corrected chi connectivity index (χ1v) is 11.0. The van der Waals surface area contributed by atoms with Crippen molar-refractivity contribution in [2.24, 2.45) is 10.1 Å². The predicted octanol–water partition coefficient (Wildman–Crippen LogP) is 5.32. The van der Waals surface area contributed by atoms with Crippen LogP contribution in [-0.4, -0.2) is 31.5 Å². The number of fused-ring (bicyclic) bond motifs is 1. The van der Waals surface area contributed by atoms with Crippen LogP contribution in [0.4, 0.5) is 0 Å². The molecular weight excluding hydrogens is 446 g/mol. The number of halogens is 1. The van der Waals surface area contributed by atoms with Crippen molar-refractivity contribution >= 4 is 51.4 Å². The van der Waals surface area contributed by atoms with Crippen molar-refractivity contribution in [1.29, 1.82) is 5.41 Å². The van der Waals surface area contributed by atoms with E-state index in [1.165, 1.54) is 16.8 Å².